The number of anilines is 1. The highest BCUT2D eigenvalue weighted by molar-refractivity contribution is 6.30. The Bertz CT molecular complexity index is 1360. The molecule has 6 rings (SSSR count). The smallest absolute Gasteiger partial charge is 0.227 e. The molecule has 5 heteroatoms. The average Bonchev–Trinajstić information content (AvgIpc) is 3.62. The van der Waals surface area contributed by atoms with Crippen LogP contribution in [0.15, 0.2) is 82.2 Å². The number of para-hydroxylation sites is 1. The quantitative estimate of drug-likeness (QED) is 0.369. The second kappa shape index (κ2) is 8.83. The summed E-state index contributed by atoms with van der Waals surface area (Å²) in [6, 6.07) is 16.9. The number of aromatic nitrogens is 2. The van der Waals surface area contributed by atoms with Gasteiger partial charge in [0.1, 0.15) is 0 Å². The molecule has 0 bridgehead atoms. The summed E-state index contributed by atoms with van der Waals surface area (Å²) < 4.78 is 5.78. The second-order valence-electron chi connectivity index (χ2n) is 9.93. The van der Waals surface area contributed by atoms with Crippen molar-refractivity contribution >= 4 is 22.9 Å². The maximum Gasteiger partial charge on any atom is 0.227 e. The van der Waals surface area contributed by atoms with E-state index >= 15 is 0 Å². The highest BCUT2D eigenvalue weighted by Crippen LogP contribution is 2.47. The minimum absolute atomic E-state index is 0.0987. The van der Waals surface area contributed by atoms with E-state index in [0.29, 0.717) is 18.3 Å². The van der Waals surface area contributed by atoms with Crippen LogP contribution in [0.2, 0.25) is 5.02 Å². The first-order chi connectivity index (χ1) is 17.0. The summed E-state index contributed by atoms with van der Waals surface area (Å²) in [5.74, 6) is 2.55. The van der Waals surface area contributed by atoms with Gasteiger partial charge in [0.25, 0.3) is 0 Å². The third-order valence-electron chi connectivity index (χ3n) is 7.47. The number of nitrogens with zero attached hydrogens (tertiary/aromatic N) is 3. The lowest BCUT2D eigenvalue weighted by Gasteiger charge is -2.38. The third kappa shape index (κ3) is 4.04. The standard InChI is InChI=1S/C30H30ClN3O/c1-4-24-18(2)15-19(3)34-27-8-6-5-7-25(27)26(20-11-13-23(31)14-12-20)16-22(29(24)34)17-28-32-30(33-35-28)21-9-10-21/h5-8,11-16,18,21-22H,4,9-10,17H2,1-3H3. The van der Waals surface area contributed by atoms with Gasteiger partial charge < -0.3 is 9.42 Å². The van der Waals surface area contributed by atoms with Gasteiger partial charge in [-0.3, -0.25) is 0 Å². The number of allylic oxidation sites excluding steroid dienone is 4. The van der Waals surface area contributed by atoms with Crippen molar-refractivity contribution < 1.29 is 4.52 Å². The molecule has 178 valence electrons. The Labute approximate surface area is 212 Å². The maximum atomic E-state index is 6.25. The molecule has 1 aliphatic carbocycles. The number of rotatable bonds is 5. The summed E-state index contributed by atoms with van der Waals surface area (Å²) in [5, 5.41) is 5.05. The molecule has 2 aromatic carbocycles. The molecule has 3 aliphatic rings. The van der Waals surface area contributed by atoms with E-state index in [9.17, 15) is 0 Å². The summed E-state index contributed by atoms with van der Waals surface area (Å²) >= 11 is 6.25. The molecule has 0 spiro atoms. The molecule has 3 aromatic rings. The number of hydrogen-bond donors (Lipinski definition) is 0. The molecule has 1 fully saturated rings. The number of hydrogen-bond acceptors (Lipinski definition) is 4. The lowest BCUT2D eigenvalue weighted by molar-refractivity contribution is 0.364. The molecular weight excluding hydrogens is 454 g/mol. The van der Waals surface area contributed by atoms with Crippen LogP contribution in [0.3, 0.4) is 0 Å². The van der Waals surface area contributed by atoms with Gasteiger partial charge in [-0.2, -0.15) is 4.98 Å². The first kappa shape index (κ1) is 22.4. The zero-order chi connectivity index (χ0) is 24.1. The Morgan fingerprint density at radius 1 is 1.06 bits per heavy atom. The molecule has 1 saturated carbocycles. The van der Waals surface area contributed by atoms with Gasteiger partial charge in [-0.25, -0.2) is 0 Å². The highest BCUT2D eigenvalue weighted by atomic mass is 35.5. The number of benzene rings is 2. The van der Waals surface area contributed by atoms with Gasteiger partial charge in [0, 0.05) is 40.2 Å². The number of halogens is 1. The molecule has 0 N–H and O–H groups in total. The van der Waals surface area contributed by atoms with Gasteiger partial charge in [0.15, 0.2) is 5.82 Å². The monoisotopic (exact) mass is 483 g/mol. The Balaban J connectivity index is 1.56. The zero-order valence-electron chi connectivity index (χ0n) is 20.5. The first-order valence-corrected chi connectivity index (χ1v) is 13.0. The van der Waals surface area contributed by atoms with Crippen molar-refractivity contribution in [2.24, 2.45) is 11.8 Å². The topological polar surface area (TPSA) is 42.2 Å². The summed E-state index contributed by atoms with van der Waals surface area (Å²) in [4.78, 5) is 7.27. The Hall–Kier alpha value is -3.11. The van der Waals surface area contributed by atoms with Crippen LogP contribution in [0, 0.1) is 11.8 Å². The summed E-state index contributed by atoms with van der Waals surface area (Å²) in [6.07, 6.45) is 8.81. The first-order valence-electron chi connectivity index (χ1n) is 12.6. The molecule has 4 nitrogen and oxygen atoms in total. The Morgan fingerprint density at radius 2 is 1.83 bits per heavy atom. The van der Waals surface area contributed by atoms with E-state index in [1.807, 2.05) is 12.1 Å². The third-order valence-corrected chi connectivity index (χ3v) is 7.73. The van der Waals surface area contributed by atoms with Crippen LogP contribution in [0.1, 0.15) is 68.8 Å². The largest absolute Gasteiger partial charge is 0.339 e. The minimum atomic E-state index is 0.0987. The Morgan fingerprint density at radius 3 is 2.57 bits per heavy atom. The van der Waals surface area contributed by atoms with Gasteiger partial charge in [0.05, 0.1) is 5.69 Å². The van der Waals surface area contributed by atoms with Crippen molar-refractivity contribution in [2.75, 3.05) is 4.90 Å². The summed E-state index contributed by atoms with van der Waals surface area (Å²) in [7, 11) is 0. The van der Waals surface area contributed by atoms with E-state index in [4.69, 9.17) is 21.1 Å². The predicted molar refractivity (Wildman–Crippen MR) is 141 cm³/mol. The van der Waals surface area contributed by atoms with E-state index in [-0.39, 0.29) is 5.92 Å². The number of fused-ring (bicyclic) bond motifs is 3. The Kier molecular flexibility index (Phi) is 5.64. The van der Waals surface area contributed by atoms with Gasteiger partial charge in [-0.15, -0.1) is 0 Å². The lowest BCUT2D eigenvalue weighted by Crippen LogP contribution is -2.31. The predicted octanol–water partition coefficient (Wildman–Crippen LogP) is 7.93. The molecule has 1 aromatic heterocycles. The van der Waals surface area contributed by atoms with Crippen LogP contribution >= 0.6 is 11.6 Å². The van der Waals surface area contributed by atoms with Crippen LogP contribution in [0.25, 0.3) is 5.57 Å². The van der Waals surface area contributed by atoms with E-state index in [0.717, 1.165) is 28.7 Å². The van der Waals surface area contributed by atoms with Crippen LogP contribution in [-0.4, -0.2) is 10.1 Å². The molecule has 0 radical (unpaired) electrons. The van der Waals surface area contributed by atoms with Crippen LogP contribution in [0.5, 0.6) is 0 Å². The van der Waals surface area contributed by atoms with Crippen LogP contribution < -0.4 is 4.90 Å². The van der Waals surface area contributed by atoms with Gasteiger partial charge in [-0.05, 0) is 67.0 Å². The van der Waals surface area contributed by atoms with Gasteiger partial charge in [0.2, 0.25) is 5.89 Å². The minimum Gasteiger partial charge on any atom is -0.339 e. The van der Waals surface area contributed by atoms with Crippen molar-refractivity contribution in [3.8, 4) is 0 Å². The van der Waals surface area contributed by atoms with Gasteiger partial charge >= 0.3 is 0 Å². The highest BCUT2D eigenvalue weighted by Gasteiger charge is 2.35. The fourth-order valence-electron chi connectivity index (χ4n) is 5.68. The van der Waals surface area contributed by atoms with E-state index in [2.05, 4.69) is 79.4 Å². The molecule has 2 atom stereocenters. The SMILES string of the molecule is CCC1=C2C(Cc3nc(C4CC4)no3)C=C(c3ccc(Cl)cc3)c3ccccc3N2C(C)=CC1C. The van der Waals surface area contributed by atoms with E-state index in [1.54, 1.807) is 0 Å². The molecule has 0 amide bonds. The zero-order valence-corrected chi connectivity index (χ0v) is 21.2. The molecule has 0 saturated heterocycles. The fraction of sp³-hybridized carbons (Fsp3) is 0.333. The van der Waals surface area contributed by atoms with Crippen LogP contribution in [-0.2, 0) is 6.42 Å². The normalized spacial score (nSPS) is 21.8. The molecule has 2 unspecified atom stereocenters. The van der Waals surface area contributed by atoms with E-state index in [1.165, 1.54) is 46.6 Å². The van der Waals surface area contributed by atoms with Crippen molar-refractivity contribution in [3.63, 3.8) is 0 Å². The molecule has 3 heterocycles. The second-order valence-corrected chi connectivity index (χ2v) is 10.4. The van der Waals surface area contributed by atoms with Crippen molar-refractivity contribution in [2.45, 2.75) is 52.4 Å². The van der Waals surface area contributed by atoms with Crippen molar-refractivity contribution in [1.29, 1.82) is 0 Å². The fourth-order valence-corrected chi connectivity index (χ4v) is 5.81. The molecular formula is C30H30ClN3O. The van der Waals surface area contributed by atoms with Crippen molar-refractivity contribution in [1.82, 2.24) is 10.1 Å². The molecule has 35 heavy (non-hydrogen) atoms. The van der Waals surface area contributed by atoms with Gasteiger partial charge in [-0.1, -0.05) is 73.1 Å². The van der Waals surface area contributed by atoms with Crippen LogP contribution in [0.4, 0.5) is 5.69 Å². The lowest BCUT2D eigenvalue weighted by atomic mass is 9.84. The van der Waals surface area contributed by atoms with E-state index < -0.39 is 0 Å². The molecule has 2 aliphatic heterocycles. The van der Waals surface area contributed by atoms with Crippen molar-refractivity contribution in [3.05, 3.63) is 106 Å². The average molecular weight is 484 g/mol. The summed E-state index contributed by atoms with van der Waals surface area (Å²) in [6.45, 7) is 6.80. The summed E-state index contributed by atoms with van der Waals surface area (Å²) in [5.41, 5.74) is 8.87. The maximum absolute atomic E-state index is 6.25.